The minimum atomic E-state index is -0.392. The number of rotatable bonds is 5. The number of esters is 1. The molecule has 1 heterocycles. The van der Waals surface area contributed by atoms with Crippen LogP contribution in [0.1, 0.15) is 20.3 Å². The van der Waals surface area contributed by atoms with Gasteiger partial charge in [-0.05, 0) is 13.8 Å². The van der Waals surface area contributed by atoms with Crippen LogP contribution in [-0.4, -0.2) is 55.3 Å². The van der Waals surface area contributed by atoms with Crippen molar-refractivity contribution in [3.05, 3.63) is 18.0 Å². The summed E-state index contributed by atoms with van der Waals surface area (Å²) in [5.74, 6) is -0.288. The van der Waals surface area contributed by atoms with Gasteiger partial charge in [0.25, 0.3) is 0 Å². The Morgan fingerprint density at radius 2 is 2.15 bits per heavy atom. The first-order valence-corrected chi connectivity index (χ1v) is 6.46. The molecule has 2 unspecified atom stereocenters. The van der Waals surface area contributed by atoms with Gasteiger partial charge in [0, 0.05) is 51.7 Å². The molecule has 0 saturated carbocycles. The fraction of sp³-hybridized carbons (Fsp3) is 0.692. The van der Waals surface area contributed by atoms with Crippen LogP contribution in [0.5, 0.6) is 0 Å². The average Bonchev–Trinajstić information content (AvgIpc) is 2.38. The fourth-order valence-electron chi connectivity index (χ4n) is 1.99. The molecule has 1 aliphatic heterocycles. The van der Waals surface area contributed by atoms with Gasteiger partial charge in [-0.3, -0.25) is 4.79 Å². The second-order valence-electron chi connectivity index (χ2n) is 4.28. The summed E-state index contributed by atoms with van der Waals surface area (Å²) in [6, 6.07) is -0.403. The third kappa shape index (κ3) is 5.89. The van der Waals surface area contributed by atoms with E-state index in [1.165, 1.54) is 6.08 Å². The Labute approximate surface area is 145 Å². The van der Waals surface area contributed by atoms with Crippen LogP contribution in [0, 0.1) is 0 Å². The van der Waals surface area contributed by atoms with Gasteiger partial charge < -0.3 is 19.7 Å². The van der Waals surface area contributed by atoms with Gasteiger partial charge in [-0.2, -0.15) is 0 Å². The van der Waals surface area contributed by atoms with Crippen LogP contribution in [0.2, 0.25) is 0 Å². The number of ether oxygens (including phenoxy) is 2. The predicted molar refractivity (Wildman–Crippen MR) is 71.0 cm³/mol. The molecule has 0 aromatic carbocycles. The van der Waals surface area contributed by atoms with E-state index in [4.69, 9.17) is 9.47 Å². The number of carbonyl (C=O) groups is 2. The van der Waals surface area contributed by atoms with E-state index in [1.807, 2.05) is 6.92 Å². The Morgan fingerprint density at radius 1 is 1.45 bits per heavy atom. The number of amides is 1. The van der Waals surface area contributed by atoms with E-state index in [-0.39, 0.29) is 63.8 Å². The predicted octanol–water partition coefficient (Wildman–Crippen LogP) is 1.71. The van der Waals surface area contributed by atoms with Gasteiger partial charge in [0.1, 0.15) is 6.61 Å². The molecule has 6 nitrogen and oxygen atoms in total. The maximum Gasteiger partial charge on any atom is 0.410 e. The van der Waals surface area contributed by atoms with Crippen LogP contribution >= 0.6 is 0 Å². The van der Waals surface area contributed by atoms with Gasteiger partial charge in [0.15, 0.2) is 0 Å². The van der Waals surface area contributed by atoms with Gasteiger partial charge in [-0.25, -0.2) is 4.79 Å². The molecule has 20 heavy (non-hydrogen) atoms. The summed E-state index contributed by atoms with van der Waals surface area (Å²) >= 11 is 0. The number of piperazine rings is 1. The van der Waals surface area contributed by atoms with Crippen molar-refractivity contribution in [1.82, 2.24) is 4.90 Å². The molecule has 7 heteroatoms. The summed E-state index contributed by atoms with van der Waals surface area (Å²) in [6.45, 7) is 8.68. The van der Waals surface area contributed by atoms with Gasteiger partial charge in [-0.15, -0.1) is 12.6 Å². The first-order valence-electron chi connectivity index (χ1n) is 6.46. The molecule has 1 amide bonds. The van der Waals surface area contributed by atoms with E-state index in [0.29, 0.717) is 19.7 Å². The quantitative estimate of drug-likeness (QED) is 0.554. The Morgan fingerprint density at radius 3 is 2.75 bits per heavy atom. The summed E-state index contributed by atoms with van der Waals surface area (Å²) < 4.78 is 9.92. The largest absolute Gasteiger partial charge is 0.656 e. The monoisotopic (exact) mass is 358 g/mol. The van der Waals surface area contributed by atoms with Gasteiger partial charge in [0.2, 0.25) is 0 Å². The molecule has 0 bridgehead atoms. The minimum Gasteiger partial charge on any atom is -0.656 e. The van der Waals surface area contributed by atoms with Crippen LogP contribution in [-0.2, 0) is 47.0 Å². The Hall–Kier alpha value is -0.456. The summed E-state index contributed by atoms with van der Waals surface area (Å²) in [5.41, 5.74) is 0. The second-order valence-corrected chi connectivity index (χ2v) is 4.28. The topological polar surface area (TPSA) is 69.9 Å². The van der Waals surface area contributed by atoms with Crippen LogP contribution in [0.15, 0.2) is 12.7 Å². The maximum atomic E-state index is 11.8. The summed E-state index contributed by atoms with van der Waals surface area (Å²) in [6.07, 6.45) is 1.32. The first kappa shape index (κ1) is 19.5. The molecule has 111 valence electrons. The molecule has 0 N–H and O–H groups in total. The molecule has 0 aromatic heterocycles. The Bertz CT molecular complexity index is 338. The van der Waals surface area contributed by atoms with Crippen LogP contribution in [0.3, 0.4) is 0 Å². The van der Waals surface area contributed by atoms with Gasteiger partial charge in [0.05, 0.1) is 6.61 Å². The number of carbonyl (C=O) groups excluding carboxylic acids is 2. The average molecular weight is 358 g/mol. The zero-order chi connectivity index (χ0) is 14.3. The van der Waals surface area contributed by atoms with Crippen molar-refractivity contribution in [2.75, 3.05) is 26.3 Å². The SMILES string of the molecule is C=CCOC(=O)N1CC[N-]C(CC(=O)OCC)C1C.[Y]. The fourth-order valence-corrected chi connectivity index (χ4v) is 1.99. The van der Waals surface area contributed by atoms with Gasteiger partial charge in [-0.1, -0.05) is 12.7 Å². The molecule has 1 fully saturated rings. The molecule has 0 spiro atoms. The molecule has 1 aliphatic rings. The number of nitrogens with zero attached hydrogens (tertiary/aromatic N) is 2. The van der Waals surface area contributed by atoms with E-state index in [0.717, 1.165) is 0 Å². The zero-order valence-electron chi connectivity index (χ0n) is 12.1. The molecule has 1 rings (SSSR count). The standard InChI is InChI=1S/C13H21N2O4.Y/c1-4-8-19-13(17)15-7-6-14-11(10(15)3)9-12(16)18-5-2;/h4,10-11H,1,5-9H2,2-3H3;/q-1;. The molecular weight excluding hydrogens is 337 g/mol. The van der Waals surface area contributed by atoms with Crippen LogP contribution in [0.25, 0.3) is 5.32 Å². The second kappa shape index (κ2) is 10.3. The van der Waals surface area contributed by atoms with Gasteiger partial charge >= 0.3 is 12.1 Å². The van der Waals surface area contributed by atoms with Crippen LogP contribution in [0.4, 0.5) is 4.79 Å². The van der Waals surface area contributed by atoms with E-state index in [9.17, 15) is 9.59 Å². The molecule has 0 aliphatic carbocycles. The minimum absolute atomic E-state index is 0. The molecule has 0 aromatic rings. The van der Waals surface area contributed by atoms with E-state index >= 15 is 0 Å². The Balaban J connectivity index is 0.00000361. The normalized spacial score (nSPS) is 21.6. The van der Waals surface area contributed by atoms with Crippen molar-refractivity contribution >= 4 is 12.1 Å². The zero-order valence-corrected chi connectivity index (χ0v) is 14.9. The molecule has 2 atom stereocenters. The summed E-state index contributed by atoms with van der Waals surface area (Å²) in [4.78, 5) is 24.9. The van der Waals surface area contributed by atoms with Crippen molar-refractivity contribution in [2.24, 2.45) is 0 Å². The van der Waals surface area contributed by atoms with Crippen molar-refractivity contribution in [3.63, 3.8) is 0 Å². The van der Waals surface area contributed by atoms with E-state index < -0.39 is 6.09 Å². The van der Waals surface area contributed by atoms with Crippen molar-refractivity contribution in [1.29, 1.82) is 0 Å². The Kier molecular flexibility index (Phi) is 10.1. The summed E-state index contributed by atoms with van der Waals surface area (Å²) in [5, 5.41) is 4.38. The van der Waals surface area contributed by atoms with Crippen molar-refractivity contribution in [2.45, 2.75) is 32.4 Å². The van der Waals surface area contributed by atoms with E-state index in [1.54, 1.807) is 11.8 Å². The van der Waals surface area contributed by atoms with Crippen molar-refractivity contribution < 1.29 is 51.8 Å². The van der Waals surface area contributed by atoms with Crippen LogP contribution < -0.4 is 0 Å². The first-order chi connectivity index (χ1) is 9.10. The number of hydrogen-bond acceptors (Lipinski definition) is 4. The smallest absolute Gasteiger partial charge is 0.410 e. The summed E-state index contributed by atoms with van der Waals surface area (Å²) in [7, 11) is 0. The third-order valence-corrected chi connectivity index (χ3v) is 2.99. The number of hydrogen-bond donors (Lipinski definition) is 0. The molecule has 1 saturated heterocycles. The molecular formula is C13H21N2O4Y-. The van der Waals surface area contributed by atoms with Crippen molar-refractivity contribution in [3.8, 4) is 0 Å². The third-order valence-electron chi connectivity index (χ3n) is 2.99. The van der Waals surface area contributed by atoms with E-state index in [2.05, 4.69) is 11.9 Å². The maximum absolute atomic E-state index is 11.8. The molecule has 1 radical (unpaired) electrons.